The topological polar surface area (TPSA) is 70.8 Å². The zero-order chi connectivity index (χ0) is 19.7. The maximum atomic E-state index is 12.9. The zero-order valence-electron chi connectivity index (χ0n) is 17.4. The van der Waals surface area contributed by atoms with E-state index in [9.17, 15) is 4.79 Å². The van der Waals surface area contributed by atoms with Crippen molar-refractivity contribution >= 4 is 11.8 Å². The number of likely N-dealkylation sites (tertiary alicyclic amines) is 1. The van der Waals surface area contributed by atoms with E-state index in [1.807, 2.05) is 18.0 Å². The Morgan fingerprint density at radius 2 is 2.11 bits per heavy atom. The molecule has 1 unspecified atom stereocenters. The molecule has 0 spiro atoms. The summed E-state index contributed by atoms with van der Waals surface area (Å²) in [7, 11) is 3.69. The standard InChI is InChI=1S/C21H34N4O3/c1-21(10-4-5-11-21)18-13-19(23-28-18)22-20(26)24(2)16-7-6-8-17(16)25-12-9-15(14-25)27-3/h13,15-17H,4-12,14H2,1-3H3,(H,22,23,26)/t15?,16-,17+/m0/s1. The van der Waals surface area contributed by atoms with E-state index in [0.717, 1.165) is 57.4 Å². The fourth-order valence-electron chi connectivity index (χ4n) is 5.41. The number of amides is 2. The van der Waals surface area contributed by atoms with E-state index < -0.39 is 0 Å². The molecular formula is C21H34N4O3. The third kappa shape index (κ3) is 3.79. The van der Waals surface area contributed by atoms with E-state index in [-0.39, 0.29) is 17.5 Å². The molecule has 7 nitrogen and oxygen atoms in total. The lowest BCUT2D eigenvalue weighted by Gasteiger charge is -2.35. The van der Waals surface area contributed by atoms with Crippen molar-refractivity contribution in [3.8, 4) is 0 Å². The first-order chi connectivity index (χ1) is 13.5. The average molecular weight is 391 g/mol. The highest BCUT2D eigenvalue weighted by Gasteiger charge is 2.40. The molecule has 7 heteroatoms. The molecular weight excluding hydrogens is 356 g/mol. The summed E-state index contributed by atoms with van der Waals surface area (Å²) >= 11 is 0. The van der Waals surface area contributed by atoms with Crippen LogP contribution in [-0.4, -0.2) is 66.4 Å². The highest BCUT2D eigenvalue weighted by atomic mass is 16.5. The van der Waals surface area contributed by atoms with Crippen molar-refractivity contribution < 1.29 is 14.1 Å². The third-order valence-electron chi connectivity index (χ3n) is 7.29. The molecule has 3 fully saturated rings. The molecule has 1 aromatic rings. The molecule has 3 aliphatic rings. The summed E-state index contributed by atoms with van der Waals surface area (Å²) in [6.07, 6.45) is 9.45. The number of carbonyl (C=O) groups is 1. The molecule has 1 N–H and O–H groups in total. The molecule has 28 heavy (non-hydrogen) atoms. The van der Waals surface area contributed by atoms with Crippen LogP contribution < -0.4 is 5.32 Å². The van der Waals surface area contributed by atoms with E-state index >= 15 is 0 Å². The van der Waals surface area contributed by atoms with Gasteiger partial charge in [-0.3, -0.25) is 10.2 Å². The van der Waals surface area contributed by atoms with Crippen LogP contribution in [0, 0.1) is 0 Å². The van der Waals surface area contributed by atoms with Crippen molar-refractivity contribution in [2.45, 2.75) is 81.9 Å². The molecule has 1 aliphatic heterocycles. The number of ether oxygens (including phenoxy) is 1. The molecule has 3 atom stereocenters. The van der Waals surface area contributed by atoms with Crippen LogP contribution >= 0.6 is 0 Å². The molecule has 4 rings (SSSR count). The monoisotopic (exact) mass is 390 g/mol. The second-order valence-electron chi connectivity index (χ2n) is 9.09. The number of hydrogen-bond acceptors (Lipinski definition) is 5. The van der Waals surface area contributed by atoms with Gasteiger partial charge in [0.15, 0.2) is 5.82 Å². The van der Waals surface area contributed by atoms with E-state index in [4.69, 9.17) is 9.26 Å². The summed E-state index contributed by atoms with van der Waals surface area (Å²) in [5, 5.41) is 7.06. The minimum atomic E-state index is -0.101. The summed E-state index contributed by atoms with van der Waals surface area (Å²) in [6, 6.07) is 2.46. The van der Waals surface area contributed by atoms with Crippen molar-refractivity contribution in [1.29, 1.82) is 0 Å². The van der Waals surface area contributed by atoms with Crippen LogP contribution in [0.3, 0.4) is 0 Å². The summed E-state index contributed by atoms with van der Waals surface area (Å²) < 4.78 is 11.1. The van der Waals surface area contributed by atoms with Gasteiger partial charge in [0.2, 0.25) is 0 Å². The molecule has 1 saturated heterocycles. The third-order valence-corrected chi connectivity index (χ3v) is 7.29. The van der Waals surface area contributed by atoms with Crippen LogP contribution in [0.15, 0.2) is 10.6 Å². The van der Waals surface area contributed by atoms with Gasteiger partial charge in [0, 0.05) is 50.8 Å². The number of anilines is 1. The minimum absolute atomic E-state index is 0.0616. The smallest absolute Gasteiger partial charge is 0.323 e. The van der Waals surface area contributed by atoms with E-state index in [0.29, 0.717) is 18.0 Å². The second-order valence-corrected chi connectivity index (χ2v) is 9.09. The lowest BCUT2D eigenvalue weighted by Crippen LogP contribution is -2.50. The number of urea groups is 1. The second kappa shape index (κ2) is 8.03. The molecule has 2 amide bonds. The van der Waals surface area contributed by atoms with Crippen LogP contribution in [0.1, 0.15) is 64.1 Å². The molecule has 2 aliphatic carbocycles. The minimum Gasteiger partial charge on any atom is -0.380 e. The van der Waals surface area contributed by atoms with Gasteiger partial charge in [0.1, 0.15) is 5.76 Å². The van der Waals surface area contributed by atoms with Crippen LogP contribution in [0.4, 0.5) is 10.6 Å². The Balaban J connectivity index is 1.37. The molecule has 0 bridgehead atoms. The summed E-state index contributed by atoms with van der Waals surface area (Å²) in [5.41, 5.74) is 0.0616. The first-order valence-electron chi connectivity index (χ1n) is 10.8. The lowest BCUT2D eigenvalue weighted by atomic mass is 9.86. The Morgan fingerprint density at radius 3 is 2.82 bits per heavy atom. The van der Waals surface area contributed by atoms with E-state index in [1.165, 1.54) is 12.8 Å². The van der Waals surface area contributed by atoms with E-state index in [2.05, 4.69) is 22.3 Å². The Labute approximate surface area is 167 Å². The maximum absolute atomic E-state index is 12.9. The Hall–Kier alpha value is -1.60. The van der Waals surface area contributed by atoms with Crippen LogP contribution in [0.5, 0.6) is 0 Å². The molecule has 2 saturated carbocycles. The SMILES string of the molecule is COC1CCN([C@@H]2CCC[C@@H]2N(C)C(=O)Nc2cc(C3(C)CCCC3)on2)C1. The molecule has 0 radical (unpaired) electrons. The normalized spacial score (nSPS) is 30.0. The van der Waals surface area contributed by atoms with Gasteiger partial charge >= 0.3 is 6.03 Å². The number of aromatic nitrogens is 1. The number of carbonyl (C=O) groups excluding carboxylic acids is 1. The number of likely N-dealkylation sites (N-methyl/N-ethyl adjacent to an activating group) is 1. The highest BCUT2D eigenvalue weighted by molar-refractivity contribution is 5.88. The fraction of sp³-hybridized carbons (Fsp3) is 0.810. The van der Waals surface area contributed by atoms with Gasteiger partial charge in [-0.05, 0) is 38.5 Å². The van der Waals surface area contributed by atoms with Crippen molar-refractivity contribution in [3.05, 3.63) is 11.8 Å². The number of methoxy groups -OCH3 is 1. The van der Waals surface area contributed by atoms with Gasteiger partial charge in [0.25, 0.3) is 0 Å². The predicted molar refractivity (Wildman–Crippen MR) is 108 cm³/mol. The molecule has 0 aromatic carbocycles. The van der Waals surface area contributed by atoms with Crippen molar-refractivity contribution in [2.24, 2.45) is 0 Å². The molecule has 2 heterocycles. The lowest BCUT2D eigenvalue weighted by molar-refractivity contribution is 0.0907. The van der Waals surface area contributed by atoms with Gasteiger partial charge in [0.05, 0.1) is 6.10 Å². The van der Waals surface area contributed by atoms with Crippen LogP contribution in [0.25, 0.3) is 0 Å². The van der Waals surface area contributed by atoms with Crippen molar-refractivity contribution in [1.82, 2.24) is 15.0 Å². The Morgan fingerprint density at radius 1 is 1.32 bits per heavy atom. The number of nitrogens with zero attached hydrogens (tertiary/aromatic N) is 3. The number of nitrogens with one attached hydrogen (secondary N) is 1. The van der Waals surface area contributed by atoms with Gasteiger partial charge in [-0.1, -0.05) is 24.9 Å². The first-order valence-corrected chi connectivity index (χ1v) is 10.8. The summed E-state index contributed by atoms with van der Waals surface area (Å²) in [6.45, 7) is 4.25. The number of rotatable bonds is 5. The largest absolute Gasteiger partial charge is 0.380 e. The van der Waals surface area contributed by atoms with Gasteiger partial charge in [-0.2, -0.15) is 0 Å². The van der Waals surface area contributed by atoms with Gasteiger partial charge in [-0.25, -0.2) is 4.79 Å². The highest BCUT2D eigenvalue weighted by Crippen LogP contribution is 2.41. The van der Waals surface area contributed by atoms with Gasteiger partial charge in [-0.15, -0.1) is 0 Å². The zero-order valence-corrected chi connectivity index (χ0v) is 17.4. The Bertz CT molecular complexity index is 685. The van der Waals surface area contributed by atoms with Gasteiger partial charge < -0.3 is 14.2 Å². The summed E-state index contributed by atoms with van der Waals surface area (Å²) in [4.78, 5) is 17.2. The fourth-order valence-corrected chi connectivity index (χ4v) is 5.41. The number of hydrogen-bond donors (Lipinski definition) is 1. The molecule has 156 valence electrons. The quantitative estimate of drug-likeness (QED) is 0.832. The molecule has 1 aromatic heterocycles. The average Bonchev–Trinajstić information content (AvgIpc) is 3.46. The Kier molecular flexibility index (Phi) is 5.65. The van der Waals surface area contributed by atoms with Crippen LogP contribution in [0.2, 0.25) is 0 Å². The predicted octanol–water partition coefficient (Wildman–Crippen LogP) is 3.61. The summed E-state index contributed by atoms with van der Waals surface area (Å²) in [5.74, 6) is 1.42. The van der Waals surface area contributed by atoms with Crippen molar-refractivity contribution in [3.63, 3.8) is 0 Å². The maximum Gasteiger partial charge on any atom is 0.323 e. The van der Waals surface area contributed by atoms with Crippen LogP contribution in [-0.2, 0) is 10.2 Å². The van der Waals surface area contributed by atoms with E-state index in [1.54, 1.807) is 7.11 Å². The first kappa shape index (κ1) is 19.7. The van der Waals surface area contributed by atoms with Crippen molar-refractivity contribution in [2.75, 3.05) is 32.6 Å².